The predicted octanol–water partition coefficient (Wildman–Crippen LogP) is 4.19. The molecule has 0 radical (unpaired) electrons. The first-order valence-corrected chi connectivity index (χ1v) is 12.0. The fourth-order valence-electron chi connectivity index (χ4n) is 4.60. The van der Waals surface area contributed by atoms with Crippen molar-refractivity contribution < 1.29 is 9.90 Å². The van der Waals surface area contributed by atoms with E-state index in [9.17, 15) is 9.90 Å². The topological polar surface area (TPSA) is 97.4 Å². The molecule has 168 valence electrons. The van der Waals surface area contributed by atoms with Crippen molar-refractivity contribution >= 4 is 55.6 Å². The van der Waals surface area contributed by atoms with Gasteiger partial charge in [0, 0.05) is 49.1 Å². The van der Waals surface area contributed by atoms with E-state index in [-0.39, 0.29) is 6.03 Å². The molecule has 0 unspecified atom stereocenters. The lowest BCUT2D eigenvalue weighted by atomic mass is 10.0. The second-order valence-corrected chi connectivity index (χ2v) is 9.45. The summed E-state index contributed by atoms with van der Waals surface area (Å²) in [7, 11) is 0. The average Bonchev–Trinajstić information content (AvgIpc) is 3.58. The van der Waals surface area contributed by atoms with E-state index in [0.717, 1.165) is 44.7 Å². The Bertz CT molecular complexity index is 1380. The van der Waals surface area contributed by atoms with Gasteiger partial charge in [-0.15, -0.1) is 11.3 Å². The number of amides is 2. The van der Waals surface area contributed by atoms with Crippen molar-refractivity contribution in [2.45, 2.75) is 18.9 Å². The molecule has 0 saturated carbocycles. The van der Waals surface area contributed by atoms with Gasteiger partial charge in [-0.3, -0.25) is 0 Å². The number of urea groups is 1. The summed E-state index contributed by atoms with van der Waals surface area (Å²) in [6, 6.07) is 10.3. The summed E-state index contributed by atoms with van der Waals surface area (Å²) in [6.45, 7) is 2.31. The Balaban J connectivity index is 1.22. The quantitative estimate of drug-likeness (QED) is 0.426. The second kappa shape index (κ2) is 8.17. The molecule has 1 fully saturated rings. The number of aromatic amines is 1. The normalized spacial score (nSPS) is 18.8. The van der Waals surface area contributed by atoms with E-state index in [1.54, 1.807) is 22.4 Å². The van der Waals surface area contributed by atoms with Crippen LogP contribution in [0, 0.1) is 0 Å². The van der Waals surface area contributed by atoms with Gasteiger partial charge in [-0.2, -0.15) is 0 Å². The number of likely N-dealkylation sites (tertiary alicyclic amines) is 1. The third-order valence-corrected chi connectivity index (χ3v) is 7.19. The fourth-order valence-corrected chi connectivity index (χ4v) is 5.32. The van der Waals surface area contributed by atoms with Crippen LogP contribution in [-0.4, -0.2) is 68.2 Å². The standard InChI is InChI=1S/C24H24N6O2S/c31-17-6-10-30(13-17)24(32)29-8-4-15(5-9-29)21-12-18-19(3-7-25-23(18)28-21)27-16-1-2-20-22(11-16)33-14-26-20/h1-4,7,11-12,14,17,31H,5-6,8-10,13H2,(H2,25,27,28)/t17-/m1/s1. The highest BCUT2D eigenvalue weighted by Gasteiger charge is 2.29. The lowest BCUT2D eigenvalue weighted by molar-refractivity contribution is 0.149. The lowest BCUT2D eigenvalue weighted by Crippen LogP contribution is -2.44. The number of β-amino-alcohol motifs (C(OH)–C–C–N with tert-alkyl or cyclic N) is 1. The van der Waals surface area contributed by atoms with E-state index in [1.807, 2.05) is 28.6 Å². The number of aliphatic hydroxyl groups excluding tert-OH is 1. The molecule has 0 spiro atoms. The largest absolute Gasteiger partial charge is 0.391 e. The van der Waals surface area contributed by atoms with E-state index >= 15 is 0 Å². The molecular weight excluding hydrogens is 436 g/mol. The van der Waals surface area contributed by atoms with Crippen molar-refractivity contribution in [2.75, 3.05) is 31.5 Å². The predicted molar refractivity (Wildman–Crippen MR) is 131 cm³/mol. The zero-order chi connectivity index (χ0) is 22.4. The van der Waals surface area contributed by atoms with Gasteiger partial charge in [0.05, 0.1) is 27.5 Å². The van der Waals surface area contributed by atoms with Gasteiger partial charge in [0.2, 0.25) is 0 Å². The summed E-state index contributed by atoms with van der Waals surface area (Å²) >= 11 is 1.63. The van der Waals surface area contributed by atoms with Crippen LogP contribution >= 0.6 is 11.3 Å². The van der Waals surface area contributed by atoms with Crippen molar-refractivity contribution in [2.24, 2.45) is 0 Å². The zero-order valence-corrected chi connectivity index (χ0v) is 18.8. The molecule has 3 N–H and O–H groups in total. The molecule has 0 bridgehead atoms. The van der Waals surface area contributed by atoms with Gasteiger partial charge < -0.3 is 25.2 Å². The maximum atomic E-state index is 12.7. The van der Waals surface area contributed by atoms with Crippen LogP contribution in [-0.2, 0) is 0 Å². The van der Waals surface area contributed by atoms with Crippen molar-refractivity contribution in [1.29, 1.82) is 0 Å². The van der Waals surface area contributed by atoms with Gasteiger partial charge in [0.1, 0.15) is 5.65 Å². The number of rotatable bonds is 3. The molecule has 8 nitrogen and oxygen atoms in total. The highest BCUT2D eigenvalue weighted by molar-refractivity contribution is 7.16. The summed E-state index contributed by atoms with van der Waals surface area (Å²) in [5.74, 6) is 0. The second-order valence-electron chi connectivity index (χ2n) is 8.56. The number of thiazole rings is 1. The summed E-state index contributed by atoms with van der Waals surface area (Å²) < 4.78 is 1.15. The maximum Gasteiger partial charge on any atom is 0.320 e. The number of hydrogen-bond donors (Lipinski definition) is 3. The molecule has 0 aliphatic carbocycles. The third kappa shape index (κ3) is 3.83. The minimum absolute atomic E-state index is 0.0181. The Labute approximate surface area is 194 Å². The number of carbonyl (C=O) groups excluding carboxylic acids is 1. The molecular formula is C24H24N6O2S. The zero-order valence-electron chi connectivity index (χ0n) is 18.0. The van der Waals surface area contributed by atoms with Crippen LogP contribution in [0.15, 0.2) is 48.1 Å². The van der Waals surface area contributed by atoms with Crippen LogP contribution in [0.25, 0.3) is 26.8 Å². The van der Waals surface area contributed by atoms with Crippen LogP contribution < -0.4 is 5.32 Å². The third-order valence-electron chi connectivity index (χ3n) is 6.40. The molecule has 3 aromatic heterocycles. The van der Waals surface area contributed by atoms with Crippen molar-refractivity contribution in [1.82, 2.24) is 24.8 Å². The number of hydrogen-bond acceptors (Lipinski definition) is 6. The van der Waals surface area contributed by atoms with E-state index < -0.39 is 6.10 Å². The van der Waals surface area contributed by atoms with E-state index in [4.69, 9.17) is 0 Å². The molecule has 6 rings (SSSR count). The molecule has 1 atom stereocenters. The number of fused-ring (bicyclic) bond motifs is 2. The Hall–Kier alpha value is -3.43. The molecule has 1 saturated heterocycles. The smallest absolute Gasteiger partial charge is 0.320 e. The van der Waals surface area contributed by atoms with Gasteiger partial charge in [0.25, 0.3) is 0 Å². The molecule has 2 amide bonds. The van der Waals surface area contributed by atoms with Crippen LogP contribution in [0.2, 0.25) is 0 Å². The maximum absolute atomic E-state index is 12.7. The molecule has 2 aliphatic heterocycles. The summed E-state index contributed by atoms with van der Waals surface area (Å²) in [4.78, 5) is 28.6. The molecule has 33 heavy (non-hydrogen) atoms. The van der Waals surface area contributed by atoms with Crippen molar-refractivity contribution in [3.05, 3.63) is 53.8 Å². The molecule has 4 aromatic rings. The Morgan fingerprint density at radius 1 is 1.18 bits per heavy atom. The molecule has 1 aromatic carbocycles. The highest BCUT2D eigenvalue weighted by Crippen LogP contribution is 2.31. The van der Waals surface area contributed by atoms with Gasteiger partial charge in [-0.25, -0.2) is 14.8 Å². The summed E-state index contributed by atoms with van der Waals surface area (Å²) in [5.41, 5.74) is 7.93. The van der Waals surface area contributed by atoms with Crippen LogP contribution in [0.4, 0.5) is 16.2 Å². The first-order chi connectivity index (χ1) is 16.1. The Kier molecular flexibility index (Phi) is 5.00. The fraction of sp³-hybridized carbons (Fsp3) is 0.292. The molecule has 2 aliphatic rings. The molecule has 5 heterocycles. The van der Waals surface area contributed by atoms with Crippen LogP contribution in [0.3, 0.4) is 0 Å². The van der Waals surface area contributed by atoms with E-state index in [1.165, 1.54) is 5.57 Å². The summed E-state index contributed by atoms with van der Waals surface area (Å²) in [6.07, 6.45) is 4.96. The first-order valence-electron chi connectivity index (χ1n) is 11.1. The van der Waals surface area contributed by atoms with Gasteiger partial charge in [0.15, 0.2) is 0 Å². The van der Waals surface area contributed by atoms with Crippen LogP contribution in [0.1, 0.15) is 18.5 Å². The molecule has 9 heteroatoms. The number of aromatic nitrogens is 3. The number of carbonyl (C=O) groups is 1. The minimum Gasteiger partial charge on any atom is -0.391 e. The minimum atomic E-state index is -0.393. The van der Waals surface area contributed by atoms with Crippen molar-refractivity contribution in [3.8, 4) is 0 Å². The highest BCUT2D eigenvalue weighted by atomic mass is 32.1. The first kappa shape index (κ1) is 20.2. The SMILES string of the molecule is O=C(N1CC=C(c2cc3c(Nc4ccc5ncsc5c4)ccnc3[nH]2)CC1)N1CC[C@@H](O)C1. The number of nitrogens with zero attached hydrogens (tertiary/aromatic N) is 4. The average molecular weight is 461 g/mol. The summed E-state index contributed by atoms with van der Waals surface area (Å²) in [5, 5.41) is 14.3. The number of nitrogens with one attached hydrogen (secondary N) is 2. The van der Waals surface area contributed by atoms with E-state index in [0.29, 0.717) is 32.6 Å². The Morgan fingerprint density at radius 2 is 2.12 bits per heavy atom. The number of H-pyrrole nitrogens is 1. The van der Waals surface area contributed by atoms with E-state index in [2.05, 4.69) is 38.5 Å². The lowest BCUT2D eigenvalue weighted by Gasteiger charge is -2.30. The number of benzene rings is 1. The van der Waals surface area contributed by atoms with Crippen LogP contribution in [0.5, 0.6) is 0 Å². The van der Waals surface area contributed by atoms with Gasteiger partial charge >= 0.3 is 6.03 Å². The van der Waals surface area contributed by atoms with Gasteiger partial charge in [-0.05, 0) is 48.7 Å². The number of pyridine rings is 1. The van der Waals surface area contributed by atoms with Crippen molar-refractivity contribution in [3.63, 3.8) is 0 Å². The Morgan fingerprint density at radius 3 is 2.94 bits per heavy atom. The monoisotopic (exact) mass is 460 g/mol. The number of anilines is 2. The number of aliphatic hydroxyl groups is 1. The van der Waals surface area contributed by atoms with Gasteiger partial charge in [-0.1, -0.05) is 6.08 Å².